The van der Waals surface area contributed by atoms with Gasteiger partial charge >= 0.3 is 0 Å². The third kappa shape index (κ3) is 3.83. The van der Waals surface area contributed by atoms with Gasteiger partial charge in [0, 0.05) is 11.8 Å². The van der Waals surface area contributed by atoms with Gasteiger partial charge in [-0.2, -0.15) is 0 Å². The molecule has 1 aliphatic heterocycles. The van der Waals surface area contributed by atoms with Gasteiger partial charge in [-0.15, -0.1) is 0 Å². The van der Waals surface area contributed by atoms with Crippen LogP contribution < -0.4 is 0 Å². The minimum Gasteiger partial charge on any atom is -0.352 e. The average Bonchev–Trinajstić information content (AvgIpc) is 2.33. The molecule has 0 aromatic rings. The monoisotopic (exact) mass is 252 g/mol. The molecule has 2 rings (SSSR count). The maximum Gasteiger partial charge on any atom is 0.157 e. The number of rotatable bonds is 3. The van der Waals surface area contributed by atoms with Crippen LogP contribution in [-0.4, -0.2) is 19.5 Å². The Bertz CT molecular complexity index is 296. The third-order valence-corrected chi connectivity index (χ3v) is 4.37. The van der Waals surface area contributed by atoms with Gasteiger partial charge in [0.1, 0.15) is 0 Å². The number of hydrogen-bond acceptors (Lipinski definition) is 2. The molecule has 1 aliphatic carbocycles. The first-order valence-corrected chi connectivity index (χ1v) is 7.35. The molecule has 1 saturated heterocycles. The van der Waals surface area contributed by atoms with Crippen LogP contribution in [0.15, 0.2) is 11.6 Å². The molecule has 0 N–H and O–H groups in total. The van der Waals surface area contributed by atoms with E-state index in [9.17, 15) is 0 Å². The molecule has 2 heteroatoms. The SMILES string of the molecule is CC1=CCC(C(C)CC2OCC(C)(C)CO2)CC1. The van der Waals surface area contributed by atoms with Crippen molar-refractivity contribution in [2.45, 2.75) is 59.7 Å². The molecule has 2 nitrogen and oxygen atoms in total. The molecule has 0 radical (unpaired) electrons. The summed E-state index contributed by atoms with van der Waals surface area (Å²) < 4.78 is 11.7. The molecule has 2 atom stereocenters. The first-order valence-electron chi connectivity index (χ1n) is 7.35. The summed E-state index contributed by atoms with van der Waals surface area (Å²) in [5.41, 5.74) is 1.75. The zero-order valence-corrected chi connectivity index (χ0v) is 12.4. The molecule has 0 amide bonds. The lowest BCUT2D eigenvalue weighted by molar-refractivity contribution is -0.228. The van der Waals surface area contributed by atoms with Crippen LogP contribution in [0.1, 0.15) is 53.4 Å². The molecule has 0 spiro atoms. The molecule has 1 heterocycles. The molecule has 0 aromatic carbocycles. The molecule has 0 bridgehead atoms. The van der Waals surface area contributed by atoms with E-state index in [1.165, 1.54) is 19.3 Å². The lowest BCUT2D eigenvalue weighted by Gasteiger charge is -2.37. The van der Waals surface area contributed by atoms with Crippen LogP contribution in [0.25, 0.3) is 0 Å². The largest absolute Gasteiger partial charge is 0.352 e. The van der Waals surface area contributed by atoms with Crippen molar-refractivity contribution < 1.29 is 9.47 Å². The van der Waals surface area contributed by atoms with Crippen molar-refractivity contribution in [1.29, 1.82) is 0 Å². The highest BCUT2D eigenvalue weighted by Gasteiger charge is 2.30. The zero-order valence-electron chi connectivity index (χ0n) is 12.4. The van der Waals surface area contributed by atoms with Crippen molar-refractivity contribution >= 4 is 0 Å². The maximum absolute atomic E-state index is 5.84. The fourth-order valence-corrected chi connectivity index (χ4v) is 2.86. The molecular weight excluding hydrogens is 224 g/mol. The van der Waals surface area contributed by atoms with Gasteiger partial charge in [0.15, 0.2) is 6.29 Å². The molecule has 18 heavy (non-hydrogen) atoms. The predicted octanol–water partition coefficient (Wildman–Crippen LogP) is 4.16. The Morgan fingerprint density at radius 2 is 2.00 bits per heavy atom. The van der Waals surface area contributed by atoms with Crippen molar-refractivity contribution in [2.75, 3.05) is 13.2 Å². The van der Waals surface area contributed by atoms with Crippen molar-refractivity contribution in [3.8, 4) is 0 Å². The third-order valence-electron chi connectivity index (χ3n) is 4.37. The van der Waals surface area contributed by atoms with Gasteiger partial charge in [0.05, 0.1) is 13.2 Å². The maximum atomic E-state index is 5.84. The standard InChI is InChI=1S/C16H28O2/c1-12-5-7-14(8-6-12)13(2)9-15-17-10-16(3,4)11-18-15/h5,13-15H,6-11H2,1-4H3. The van der Waals surface area contributed by atoms with Crippen LogP contribution >= 0.6 is 0 Å². The normalized spacial score (nSPS) is 30.9. The van der Waals surface area contributed by atoms with Crippen LogP contribution in [0.5, 0.6) is 0 Å². The fraction of sp³-hybridized carbons (Fsp3) is 0.875. The Kier molecular flexibility index (Phi) is 4.50. The molecule has 0 aromatic heterocycles. The first-order chi connectivity index (χ1) is 8.46. The highest BCUT2D eigenvalue weighted by atomic mass is 16.7. The van der Waals surface area contributed by atoms with E-state index < -0.39 is 0 Å². The Balaban J connectivity index is 1.76. The Labute approximate surface area is 112 Å². The van der Waals surface area contributed by atoms with Crippen molar-refractivity contribution in [1.82, 2.24) is 0 Å². The van der Waals surface area contributed by atoms with E-state index in [0.717, 1.165) is 25.6 Å². The van der Waals surface area contributed by atoms with Crippen molar-refractivity contribution in [3.05, 3.63) is 11.6 Å². The van der Waals surface area contributed by atoms with Crippen molar-refractivity contribution in [2.24, 2.45) is 17.3 Å². The summed E-state index contributed by atoms with van der Waals surface area (Å²) in [6, 6.07) is 0. The zero-order chi connectivity index (χ0) is 13.2. The van der Waals surface area contributed by atoms with Gasteiger partial charge in [-0.3, -0.25) is 0 Å². The summed E-state index contributed by atoms with van der Waals surface area (Å²) in [5.74, 6) is 1.51. The van der Waals surface area contributed by atoms with Gasteiger partial charge < -0.3 is 9.47 Å². The van der Waals surface area contributed by atoms with Crippen LogP contribution in [-0.2, 0) is 9.47 Å². The van der Waals surface area contributed by atoms with Crippen LogP contribution in [0.2, 0.25) is 0 Å². The second-order valence-corrected chi connectivity index (χ2v) is 7.01. The molecule has 2 unspecified atom stereocenters. The highest BCUT2D eigenvalue weighted by molar-refractivity contribution is 5.03. The van der Waals surface area contributed by atoms with E-state index >= 15 is 0 Å². The quantitative estimate of drug-likeness (QED) is 0.702. The summed E-state index contributed by atoms with van der Waals surface area (Å²) in [4.78, 5) is 0. The smallest absolute Gasteiger partial charge is 0.157 e. The van der Waals surface area contributed by atoms with Gasteiger partial charge in [0.2, 0.25) is 0 Å². The molecule has 2 aliphatic rings. The molecular formula is C16H28O2. The summed E-state index contributed by atoms with van der Waals surface area (Å²) in [6.45, 7) is 10.6. The van der Waals surface area contributed by atoms with Gasteiger partial charge in [-0.05, 0) is 38.0 Å². The van der Waals surface area contributed by atoms with Gasteiger partial charge in [0.25, 0.3) is 0 Å². The number of allylic oxidation sites excluding steroid dienone is 2. The lowest BCUT2D eigenvalue weighted by atomic mass is 9.80. The highest BCUT2D eigenvalue weighted by Crippen LogP contribution is 2.33. The number of ether oxygens (including phenoxy) is 2. The van der Waals surface area contributed by atoms with Crippen LogP contribution in [0, 0.1) is 17.3 Å². The second kappa shape index (κ2) is 5.75. The molecule has 0 saturated carbocycles. The van der Waals surface area contributed by atoms with E-state index in [1.54, 1.807) is 5.57 Å². The molecule has 1 fully saturated rings. The average molecular weight is 252 g/mol. The number of hydrogen-bond donors (Lipinski definition) is 0. The minimum absolute atomic E-state index is 0.0278. The fourth-order valence-electron chi connectivity index (χ4n) is 2.86. The second-order valence-electron chi connectivity index (χ2n) is 7.01. The van der Waals surface area contributed by atoms with Crippen LogP contribution in [0.4, 0.5) is 0 Å². The van der Waals surface area contributed by atoms with Crippen LogP contribution in [0.3, 0.4) is 0 Å². The first kappa shape index (κ1) is 14.1. The summed E-state index contributed by atoms with van der Waals surface area (Å²) >= 11 is 0. The van der Waals surface area contributed by atoms with E-state index in [-0.39, 0.29) is 11.7 Å². The van der Waals surface area contributed by atoms with E-state index in [4.69, 9.17) is 9.47 Å². The topological polar surface area (TPSA) is 18.5 Å². The lowest BCUT2D eigenvalue weighted by Crippen LogP contribution is -2.39. The van der Waals surface area contributed by atoms with Crippen molar-refractivity contribution in [3.63, 3.8) is 0 Å². The van der Waals surface area contributed by atoms with E-state index in [2.05, 4.69) is 33.8 Å². The Morgan fingerprint density at radius 1 is 1.33 bits per heavy atom. The minimum atomic E-state index is 0.0278. The summed E-state index contributed by atoms with van der Waals surface area (Å²) in [7, 11) is 0. The molecule has 104 valence electrons. The van der Waals surface area contributed by atoms with Gasteiger partial charge in [-0.1, -0.05) is 32.4 Å². The Morgan fingerprint density at radius 3 is 2.56 bits per heavy atom. The van der Waals surface area contributed by atoms with E-state index in [0.29, 0.717) is 5.92 Å². The Hall–Kier alpha value is -0.340. The van der Waals surface area contributed by atoms with Gasteiger partial charge in [-0.25, -0.2) is 0 Å². The van der Waals surface area contributed by atoms with E-state index in [1.807, 2.05) is 0 Å². The summed E-state index contributed by atoms with van der Waals surface area (Å²) in [5, 5.41) is 0. The summed E-state index contributed by atoms with van der Waals surface area (Å²) in [6.07, 6.45) is 7.34. The predicted molar refractivity (Wildman–Crippen MR) is 74.4 cm³/mol.